The van der Waals surface area contributed by atoms with Gasteiger partial charge in [0.15, 0.2) is 0 Å². The van der Waals surface area contributed by atoms with E-state index in [0.29, 0.717) is 0 Å². The molecule has 0 radical (unpaired) electrons. The lowest BCUT2D eigenvalue weighted by Gasteiger charge is -2.21. The Morgan fingerprint density at radius 2 is 1.86 bits per heavy atom. The van der Waals surface area contributed by atoms with E-state index in [9.17, 15) is 0 Å². The molecule has 2 rings (SSSR count). The molecule has 0 aromatic heterocycles. The molecule has 0 saturated heterocycles. The zero-order valence-corrected chi connectivity index (χ0v) is 15.3. The summed E-state index contributed by atoms with van der Waals surface area (Å²) in [7, 11) is 0. The fourth-order valence-corrected chi connectivity index (χ4v) is 2.48. The van der Waals surface area contributed by atoms with Crippen molar-refractivity contribution in [3.8, 4) is 11.5 Å². The smallest absolute Gasteiger partial charge is 0.140 e. The van der Waals surface area contributed by atoms with Crippen LogP contribution in [0.1, 0.15) is 26.3 Å². The molecule has 0 heterocycles. The van der Waals surface area contributed by atoms with Gasteiger partial charge in [-0.2, -0.15) is 0 Å². The van der Waals surface area contributed by atoms with Gasteiger partial charge in [0.1, 0.15) is 11.5 Å². The topological polar surface area (TPSA) is 21.3 Å². The highest BCUT2D eigenvalue weighted by atomic mass is 127. The minimum Gasteiger partial charge on any atom is -0.456 e. The minimum atomic E-state index is 0.0681. The molecule has 2 aromatic carbocycles. The third-order valence-corrected chi connectivity index (χ3v) is 4.14. The van der Waals surface area contributed by atoms with Gasteiger partial charge >= 0.3 is 0 Å². The molecule has 0 aliphatic heterocycles. The van der Waals surface area contributed by atoms with E-state index in [1.807, 2.05) is 42.5 Å². The van der Waals surface area contributed by atoms with Crippen LogP contribution in [0.5, 0.6) is 11.5 Å². The average molecular weight is 416 g/mol. The highest BCUT2D eigenvalue weighted by molar-refractivity contribution is 14.1. The Bertz CT molecular complexity index is 622. The van der Waals surface area contributed by atoms with Gasteiger partial charge < -0.3 is 10.1 Å². The summed E-state index contributed by atoms with van der Waals surface area (Å²) in [4.78, 5) is 0. The number of rotatable bonds is 4. The van der Waals surface area contributed by atoms with Gasteiger partial charge in [-0.15, -0.1) is 0 Å². The second kappa shape index (κ2) is 6.99. The van der Waals surface area contributed by atoms with E-state index in [1.54, 1.807) is 0 Å². The van der Waals surface area contributed by atoms with E-state index < -0.39 is 0 Å². The van der Waals surface area contributed by atoms with Crippen molar-refractivity contribution in [2.24, 2.45) is 0 Å². The molecule has 0 aliphatic carbocycles. The molecule has 0 aliphatic rings. The first-order valence-electron chi connectivity index (χ1n) is 6.81. The monoisotopic (exact) mass is 415 g/mol. The molecule has 21 heavy (non-hydrogen) atoms. The van der Waals surface area contributed by atoms with Crippen molar-refractivity contribution in [1.82, 2.24) is 5.32 Å². The molecule has 0 fully saturated rings. The van der Waals surface area contributed by atoms with Crippen molar-refractivity contribution >= 4 is 34.2 Å². The van der Waals surface area contributed by atoms with E-state index >= 15 is 0 Å². The largest absolute Gasteiger partial charge is 0.456 e. The summed E-state index contributed by atoms with van der Waals surface area (Å²) in [5.74, 6) is 1.60. The first-order valence-corrected chi connectivity index (χ1v) is 8.27. The third kappa shape index (κ3) is 5.16. The van der Waals surface area contributed by atoms with E-state index in [2.05, 4.69) is 48.7 Å². The van der Waals surface area contributed by atoms with Crippen LogP contribution in [0.2, 0.25) is 5.02 Å². The normalized spacial score (nSPS) is 11.5. The summed E-state index contributed by atoms with van der Waals surface area (Å²) >= 11 is 8.60. The third-order valence-electron chi connectivity index (χ3n) is 2.90. The minimum absolute atomic E-state index is 0.0681. The molecule has 0 atom stereocenters. The molecule has 0 spiro atoms. The summed E-state index contributed by atoms with van der Waals surface area (Å²) in [6.07, 6.45) is 0. The van der Waals surface area contributed by atoms with Crippen molar-refractivity contribution in [2.45, 2.75) is 32.9 Å². The van der Waals surface area contributed by atoms with Gasteiger partial charge in [-0.05, 0) is 73.2 Å². The zero-order chi connectivity index (χ0) is 15.5. The maximum atomic E-state index is 6.34. The van der Waals surface area contributed by atoms with Crippen molar-refractivity contribution in [2.75, 3.05) is 0 Å². The van der Waals surface area contributed by atoms with Crippen LogP contribution in [-0.2, 0) is 6.54 Å². The second-order valence-corrected chi connectivity index (χ2v) is 7.46. The van der Waals surface area contributed by atoms with Crippen molar-refractivity contribution < 1.29 is 4.74 Å². The lowest BCUT2D eigenvalue weighted by Crippen LogP contribution is -2.35. The first kappa shape index (κ1) is 16.6. The van der Waals surface area contributed by atoms with E-state index in [0.717, 1.165) is 32.2 Å². The van der Waals surface area contributed by atoms with Gasteiger partial charge in [-0.3, -0.25) is 0 Å². The predicted molar refractivity (Wildman–Crippen MR) is 97.3 cm³/mol. The van der Waals surface area contributed by atoms with Crippen LogP contribution < -0.4 is 10.1 Å². The van der Waals surface area contributed by atoms with Crippen molar-refractivity contribution in [3.05, 3.63) is 56.6 Å². The fourth-order valence-electron chi connectivity index (χ4n) is 1.75. The first-order chi connectivity index (χ1) is 9.85. The number of hydrogen-bond donors (Lipinski definition) is 1. The number of para-hydroxylation sites is 1. The predicted octanol–water partition coefficient (Wildman–Crippen LogP) is 5.63. The van der Waals surface area contributed by atoms with Crippen LogP contribution in [0, 0.1) is 3.57 Å². The summed E-state index contributed by atoms with van der Waals surface area (Å²) in [6.45, 7) is 7.15. The van der Waals surface area contributed by atoms with Crippen LogP contribution in [0.25, 0.3) is 0 Å². The second-order valence-electron chi connectivity index (χ2n) is 5.89. The average Bonchev–Trinajstić information content (AvgIpc) is 2.39. The molecule has 1 N–H and O–H groups in total. The zero-order valence-electron chi connectivity index (χ0n) is 12.4. The Kier molecular flexibility index (Phi) is 5.52. The molecule has 112 valence electrons. The SMILES string of the molecule is CC(C)(C)NCc1ccc(Oc2ccccc2I)cc1Cl. The Labute approximate surface area is 145 Å². The highest BCUT2D eigenvalue weighted by Gasteiger charge is 2.11. The lowest BCUT2D eigenvalue weighted by molar-refractivity contribution is 0.424. The van der Waals surface area contributed by atoms with Gasteiger partial charge in [0.25, 0.3) is 0 Å². The number of nitrogens with one attached hydrogen (secondary N) is 1. The van der Waals surface area contributed by atoms with Crippen LogP contribution in [0.3, 0.4) is 0 Å². The molecule has 4 heteroatoms. The summed E-state index contributed by atoms with van der Waals surface area (Å²) in [6, 6.07) is 13.7. The molecule has 2 nitrogen and oxygen atoms in total. The molecular weight excluding hydrogens is 397 g/mol. The Morgan fingerprint density at radius 3 is 2.48 bits per heavy atom. The van der Waals surface area contributed by atoms with Gasteiger partial charge in [0.05, 0.1) is 3.57 Å². The molecule has 0 saturated carbocycles. The standard InChI is InChI=1S/C17H19ClINO/c1-17(2,3)20-11-12-8-9-13(10-14(12)18)21-16-7-5-4-6-15(16)19/h4-10,20H,11H2,1-3H3. The van der Waals surface area contributed by atoms with Gasteiger partial charge in [0, 0.05) is 17.1 Å². The van der Waals surface area contributed by atoms with E-state index in [4.69, 9.17) is 16.3 Å². The van der Waals surface area contributed by atoms with Gasteiger partial charge in [-0.25, -0.2) is 0 Å². The highest BCUT2D eigenvalue weighted by Crippen LogP contribution is 2.29. The molecule has 0 bridgehead atoms. The van der Waals surface area contributed by atoms with Crippen LogP contribution in [0.4, 0.5) is 0 Å². The number of hydrogen-bond acceptors (Lipinski definition) is 2. The molecule has 2 aromatic rings. The Hall–Kier alpha value is -0.780. The van der Waals surface area contributed by atoms with Crippen LogP contribution in [0.15, 0.2) is 42.5 Å². The maximum Gasteiger partial charge on any atom is 0.140 e. The fraction of sp³-hybridized carbons (Fsp3) is 0.294. The summed E-state index contributed by atoms with van der Waals surface area (Å²) in [5, 5.41) is 4.15. The lowest BCUT2D eigenvalue weighted by atomic mass is 10.1. The number of benzene rings is 2. The maximum absolute atomic E-state index is 6.34. The van der Waals surface area contributed by atoms with Crippen LogP contribution >= 0.6 is 34.2 Å². The van der Waals surface area contributed by atoms with Crippen molar-refractivity contribution in [3.63, 3.8) is 0 Å². The van der Waals surface area contributed by atoms with E-state index in [-0.39, 0.29) is 5.54 Å². The van der Waals surface area contributed by atoms with E-state index in [1.165, 1.54) is 0 Å². The van der Waals surface area contributed by atoms with Gasteiger partial charge in [0.2, 0.25) is 0 Å². The Balaban J connectivity index is 2.10. The quantitative estimate of drug-likeness (QED) is 0.654. The summed E-state index contributed by atoms with van der Waals surface area (Å²) in [5.41, 5.74) is 1.14. The molecular formula is C17H19ClINO. The molecule has 0 unspecified atom stereocenters. The number of ether oxygens (including phenoxy) is 1. The molecule has 0 amide bonds. The van der Waals surface area contributed by atoms with Gasteiger partial charge in [-0.1, -0.05) is 29.8 Å². The van der Waals surface area contributed by atoms with Crippen molar-refractivity contribution in [1.29, 1.82) is 0 Å². The van der Waals surface area contributed by atoms with Crippen LogP contribution in [-0.4, -0.2) is 5.54 Å². The number of halogens is 2. The Morgan fingerprint density at radius 1 is 1.14 bits per heavy atom. The summed E-state index contributed by atoms with van der Waals surface area (Å²) < 4.78 is 6.95.